The molecule has 3 atom stereocenters. The molecule has 0 aliphatic heterocycles. The Morgan fingerprint density at radius 1 is 1.12 bits per heavy atom. The molecule has 1 nitrogen and oxygen atoms in total. The second kappa shape index (κ2) is 5.68. The fourth-order valence-electron chi connectivity index (χ4n) is 3.15. The maximum absolute atomic E-state index is 5.92. The minimum atomic E-state index is 0.743. The van der Waals surface area contributed by atoms with Gasteiger partial charge in [0.1, 0.15) is 0 Å². The average molecular weight is 231 g/mol. The number of hydrogen-bond donors (Lipinski definition) is 1. The van der Waals surface area contributed by atoms with Crippen LogP contribution in [0.1, 0.15) is 37.3 Å². The topological polar surface area (TPSA) is 26.0 Å². The standard InChI is InChI=1S/C16H25N/c1-12-3-6-14(7-4-12)10-16-9-13(2)5-8-15(16)11-17/h3-4,6-7,13,15-16H,5,8-11,17H2,1-2H3. The summed E-state index contributed by atoms with van der Waals surface area (Å²) in [5.74, 6) is 2.42. The van der Waals surface area contributed by atoms with Crippen LogP contribution in [0.25, 0.3) is 0 Å². The molecule has 2 N–H and O–H groups in total. The summed E-state index contributed by atoms with van der Waals surface area (Å²) in [5.41, 5.74) is 8.74. The van der Waals surface area contributed by atoms with Gasteiger partial charge in [0.05, 0.1) is 0 Å². The normalized spacial score (nSPS) is 29.2. The van der Waals surface area contributed by atoms with Crippen molar-refractivity contribution in [2.75, 3.05) is 6.54 Å². The Morgan fingerprint density at radius 2 is 1.82 bits per heavy atom. The molecule has 1 fully saturated rings. The molecule has 1 aromatic rings. The van der Waals surface area contributed by atoms with Crippen LogP contribution in [0, 0.1) is 24.7 Å². The third-order valence-corrected chi connectivity index (χ3v) is 4.32. The van der Waals surface area contributed by atoms with Crippen molar-refractivity contribution < 1.29 is 0 Å². The van der Waals surface area contributed by atoms with Gasteiger partial charge in [-0.05, 0) is 56.0 Å². The fraction of sp³-hybridized carbons (Fsp3) is 0.625. The Morgan fingerprint density at radius 3 is 2.47 bits per heavy atom. The molecule has 94 valence electrons. The summed E-state index contributed by atoms with van der Waals surface area (Å²) in [6.07, 6.45) is 5.27. The van der Waals surface area contributed by atoms with E-state index >= 15 is 0 Å². The second-order valence-electron chi connectivity index (χ2n) is 5.86. The molecule has 0 bridgehead atoms. The molecule has 1 aromatic carbocycles. The van der Waals surface area contributed by atoms with E-state index in [1.807, 2.05) is 0 Å². The van der Waals surface area contributed by atoms with Crippen molar-refractivity contribution in [1.29, 1.82) is 0 Å². The van der Waals surface area contributed by atoms with Crippen molar-refractivity contribution in [3.8, 4) is 0 Å². The lowest BCUT2D eigenvalue weighted by atomic mass is 9.72. The lowest BCUT2D eigenvalue weighted by Crippen LogP contribution is -2.31. The Balaban J connectivity index is 2.02. The predicted octanol–water partition coefficient (Wildman–Crippen LogP) is 3.55. The third kappa shape index (κ3) is 3.32. The van der Waals surface area contributed by atoms with Crippen LogP contribution < -0.4 is 5.73 Å². The SMILES string of the molecule is Cc1ccc(CC2CC(C)CCC2CN)cc1. The van der Waals surface area contributed by atoms with E-state index in [0.717, 1.165) is 24.3 Å². The number of aryl methyl sites for hydroxylation is 1. The van der Waals surface area contributed by atoms with Crippen LogP contribution in [-0.2, 0) is 6.42 Å². The molecule has 2 rings (SSSR count). The van der Waals surface area contributed by atoms with Crippen LogP contribution in [0.4, 0.5) is 0 Å². The minimum Gasteiger partial charge on any atom is -0.330 e. The van der Waals surface area contributed by atoms with Crippen molar-refractivity contribution in [2.45, 2.75) is 39.5 Å². The van der Waals surface area contributed by atoms with Gasteiger partial charge in [-0.25, -0.2) is 0 Å². The summed E-state index contributed by atoms with van der Waals surface area (Å²) in [6.45, 7) is 5.40. The Labute approximate surface area is 105 Å². The van der Waals surface area contributed by atoms with Gasteiger partial charge in [0.15, 0.2) is 0 Å². The molecule has 1 heteroatoms. The van der Waals surface area contributed by atoms with E-state index in [1.165, 1.54) is 36.8 Å². The first-order valence-corrected chi connectivity index (χ1v) is 6.94. The molecule has 17 heavy (non-hydrogen) atoms. The Hall–Kier alpha value is -0.820. The van der Waals surface area contributed by atoms with Gasteiger partial charge < -0.3 is 5.73 Å². The Kier molecular flexibility index (Phi) is 4.22. The van der Waals surface area contributed by atoms with Gasteiger partial charge in [-0.2, -0.15) is 0 Å². The van der Waals surface area contributed by atoms with Crippen molar-refractivity contribution in [1.82, 2.24) is 0 Å². The molecule has 3 unspecified atom stereocenters. The Bertz CT molecular complexity index is 341. The maximum Gasteiger partial charge on any atom is -0.00461 e. The molecule has 0 aromatic heterocycles. The summed E-state index contributed by atoms with van der Waals surface area (Å²) in [4.78, 5) is 0. The lowest BCUT2D eigenvalue weighted by Gasteiger charge is -2.34. The van der Waals surface area contributed by atoms with E-state index < -0.39 is 0 Å². The van der Waals surface area contributed by atoms with E-state index in [9.17, 15) is 0 Å². The quantitative estimate of drug-likeness (QED) is 0.846. The lowest BCUT2D eigenvalue weighted by molar-refractivity contribution is 0.193. The number of nitrogens with two attached hydrogens (primary N) is 1. The molecule has 0 heterocycles. The van der Waals surface area contributed by atoms with Crippen LogP contribution >= 0.6 is 0 Å². The number of rotatable bonds is 3. The zero-order valence-corrected chi connectivity index (χ0v) is 11.2. The third-order valence-electron chi connectivity index (χ3n) is 4.32. The number of benzene rings is 1. The highest BCUT2D eigenvalue weighted by Crippen LogP contribution is 2.35. The summed E-state index contributed by atoms with van der Waals surface area (Å²) < 4.78 is 0. The number of hydrogen-bond acceptors (Lipinski definition) is 1. The summed E-state index contributed by atoms with van der Waals surface area (Å²) in [6, 6.07) is 9.00. The average Bonchev–Trinajstić information content (AvgIpc) is 2.32. The molecule has 1 aliphatic rings. The molecule has 0 spiro atoms. The van der Waals surface area contributed by atoms with Crippen molar-refractivity contribution in [2.24, 2.45) is 23.5 Å². The van der Waals surface area contributed by atoms with Gasteiger partial charge in [-0.15, -0.1) is 0 Å². The highest BCUT2D eigenvalue weighted by atomic mass is 14.6. The molecule has 1 aliphatic carbocycles. The van der Waals surface area contributed by atoms with Gasteiger partial charge >= 0.3 is 0 Å². The summed E-state index contributed by atoms with van der Waals surface area (Å²) in [5, 5.41) is 0. The van der Waals surface area contributed by atoms with Crippen LogP contribution in [-0.4, -0.2) is 6.54 Å². The van der Waals surface area contributed by atoms with Crippen LogP contribution in [0.5, 0.6) is 0 Å². The van der Waals surface area contributed by atoms with Gasteiger partial charge in [0.25, 0.3) is 0 Å². The predicted molar refractivity (Wildman–Crippen MR) is 73.9 cm³/mol. The molecule has 0 radical (unpaired) electrons. The summed E-state index contributed by atoms with van der Waals surface area (Å²) in [7, 11) is 0. The smallest absolute Gasteiger partial charge is 0.00461 e. The van der Waals surface area contributed by atoms with Crippen molar-refractivity contribution in [3.05, 3.63) is 35.4 Å². The monoisotopic (exact) mass is 231 g/mol. The van der Waals surface area contributed by atoms with Crippen molar-refractivity contribution in [3.63, 3.8) is 0 Å². The zero-order chi connectivity index (χ0) is 12.3. The first-order valence-electron chi connectivity index (χ1n) is 6.94. The largest absolute Gasteiger partial charge is 0.330 e. The molecule has 0 saturated heterocycles. The molecular formula is C16H25N. The fourth-order valence-corrected chi connectivity index (χ4v) is 3.15. The maximum atomic E-state index is 5.92. The highest BCUT2D eigenvalue weighted by Gasteiger charge is 2.27. The van der Waals surface area contributed by atoms with Gasteiger partial charge in [0.2, 0.25) is 0 Å². The highest BCUT2D eigenvalue weighted by molar-refractivity contribution is 5.21. The van der Waals surface area contributed by atoms with Gasteiger partial charge in [-0.1, -0.05) is 43.2 Å². The first kappa shape index (κ1) is 12.6. The second-order valence-corrected chi connectivity index (χ2v) is 5.86. The molecular weight excluding hydrogens is 206 g/mol. The van der Waals surface area contributed by atoms with Crippen LogP contribution in [0.3, 0.4) is 0 Å². The van der Waals surface area contributed by atoms with Gasteiger partial charge in [0, 0.05) is 0 Å². The van der Waals surface area contributed by atoms with Gasteiger partial charge in [-0.3, -0.25) is 0 Å². The zero-order valence-electron chi connectivity index (χ0n) is 11.2. The van der Waals surface area contributed by atoms with E-state index in [2.05, 4.69) is 38.1 Å². The summed E-state index contributed by atoms with van der Waals surface area (Å²) >= 11 is 0. The first-order chi connectivity index (χ1) is 8.19. The molecule has 1 saturated carbocycles. The van der Waals surface area contributed by atoms with E-state index in [1.54, 1.807) is 0 Å². The van der Waals surface area contributed by atoms with E-state index in [4.69, 9.17) is 5.73 Å². The van der Waals surface area contributed by atoms with Crippen molar-refractivity contribution >= 4 is 0 Å². The van der Waals surface area contributed by atoms with Crippen LogP contribution in [0.2, 0.25) is 0 Å². The minimum absolute atomic E-state index is 0.743. The van der Waals surface area contributed by atoms with E-state index in [0.29, 0.717) is 0 Å². The molecule has 0 amide bonds. The van der Waals surface area contributed by atoms with E-state index in [-0.39, 0.29) is 0 Å². The van der Waals surface area contributed by atoms with Crippen LogP contribution in [0.15, 0.2) is 24.3 Å².